The largest absolute Gasteiger partial charge is 0.497 e. The molecule has 4 aromatic carbocycles. The normalized spacial score (nSPS) is 18.1. The van der Waals surface area contributed by atoms with Crippen LogP contribution in [0.1, 0.15) is 67.4 Å². The first-order chi connectivity index (χ1) is 27.5. The van der Waals surface area contributed by atoms with Gasteiger partial charge in [-0.2, -0.15) is 4.98 Å². The van der Waals surface area contributed by atoms with Crippen LogP contribution >= 0.6 is 8.53 Å². The summed E-state index contributed by atoms with van der Waals surface area (Å²) in [4.78, 5) is 30.8. The summed E-state index contributed by atoms with van der Waals surface area (Å²) < 4.78 is 34.4. The van der Waals surface area contributed by atoms with Gasteiger partial charge in [0.1, 0.15) is 35.8 Å². The Balaban J connectivity index is 1.47. The molecule has 1 fully saturated rings. The van der Waals surface area contributed by atoms with Gasteiger partial charge in [0, 0.05) is 37.4 Å². The molecule has 1 saturated heterocycles. The number of hydrogen-bond donors (Lipinski definition) is 2. The summed E-state index contributed by atoms with van der Waals surface area (Å²) in [6, 6.07) is 35.4. The summed E-state index contributed by atoms with van der Waals surface area (Å²) in [6.07, 6.45) is -2.25. The van der Waals surface area contributed by atoms with Gasteiger partial charge in [-0.15, -0.1) is 0 Å². The van der Waals surface area contributed by atoms with Crippen LogP contribution in [-0.2, 0) is 19.2 Å². The minimum atomic E-state index is -1.65. The smallest absolute Gasteiger partial charge is 0.351 e. The molecule has 12 nitrogen and oxygen atoms in total. The molecule has 1 aliphatic heterocycles. The Hall–Kier alpha value is -4.94. The van der Waals surface area contributed by atoms with Gasteiger partial charge in [-0.05, 0) is 86.8 Å². The van der Waals surface area contributed by atoms with Gasteiger partial charge in [-0.3, -0.25) is 9.36 Å². The first kappa shape index (κ1) is 41.7. The second-order valence-electron chi connectivity index (χ2n) is 14.3. The second-order valence-corrected chi connectivity index (χ2v) is 15.8. The van der Waals surface area contributed by atoms with E-state index in [-0.39, 0.29) is 24.3 Å². The number of rotatable bonds is 16. The van der Waals surface area contributed by atoms with Crippen molar-refractivity contribution < 1.29 is 33.2 Å². The molecule has 2 N–H and O–H groups in total. The lowest BCUT2D eigenvalue weighted by Crippen LogP contribution is -2.52. The van der Waals surface area contributed by atoms with Gasteiger partial charge >= 0.3 is 5.69 Å². The van der Waals surface area contributed by atoms with E-state index in [0.717, 1.165) is 16.7 Å². The molecule has 6 rings (SSSR count). The number of nitrogens with one attached hydrogen (secondary N) is 1. The lowest BCUT2D eigenvalue weighted by atomic mass is 9.64. The fraction of sp³-hybridized carbons (Fsp3) is 0.341. The number of anilines is 1. The molecule has 5 atom stereocenters. The number of aromatic nitrogens is 2. The van der Waals surface area contributed by atoms with E-state index in [4.69, 9.17) is 23.3 Å². The molecule has 0 saturated carbocycles. The average molecular weight is 795 g/mol. The minimum Gasteiger partial charge on any atom is -0.497 e. The van der Waals surface area contributed by atoms with E-state index in [1.54, 1.807) is 51.7 Å². The summed E-state index contributed by atoms with van der Waals surface area (Å²) in [6.45, 7) is 8.31. The molecule has 1 aromatic heterocycles. The van der Waals surface area contributed by atoms with Gasteiger partial charge < -0.3 is 33.7 Å². The van der Waals surface area contributed by atoms with Gasteiger partial charge in [-0.1, -0.05) is 72.8 Å². The van der Waals surface area contributed by atoms with E-state index in [1.807, 2.05) is 84.9 Å². The second kappa shape index (κ2) is 18.5. The van der Waals surface area contributed by atoms with Gasteiger partial charge in [0.25, 0.3) is 14.4 Å². The highest BCUT2D eigenvalue weighted by atomic mass is 31.2. The zero-order valence-electron chi connectivity index (χ0n) is 33.3. The molecule has 0 radical (unpaired) electrons. The fourth-order valence-corrected chi connectivity index (χ4v) is 9.22. The number of methoxy groups -OCH3 is 2. The maximum absolute atomic E-state index is 13.7. The fourth-order valence-electron chi connectivity index (χ4n) is 7.65. The van der Waals surface area contributed by atoms with Crippen molar-refractivity contribution in [3.8, 4) is 11.5 Å². The summed E-state index contributed by atoms with van der Waals surface area (Å²) >= 11 is 0. The predicted octanol–water partition coefficient (Wildman–Crippen LogP) is 7.57. The summed E-state index contributed by atoms with van der Waals surface area (Å²) in [7, 11) is 3.18. The summed E-state index contributed by atoms with van der Waals surface area (Å²) in [5, 5.41) is 16.0. The molecule has 5 aromatic rings. The Bertz CT molecular complexity index is 2060. The monoisotopic (exact) mass is 794 g/mol. The van der Waals surface area contributed by atoms with Crippen LogP contribution in [0.3, 0.4) is 0 Å². The first-order valence-corrected chi connectivity index (χ1v) is 20.1. The Morgan fingerprint density at radius 2 is 1.35 bits per heavy atom. The average Bonchev–Trinajstić information content (AvgIpc) is 3.64. The van der Waals surface area contributed by atoms with Gasteiger partial charge in [0.05, 0.1) is 25.7 Å². The molecule has 2 unspecified atom stereocenters. The Labute approximate surface area is 335 Å². The van der Waals surface area contributed by atoms with Crippen LogP contribution in [0.2, 0.25) is 0 Å². The highest BCUT2D eigenvalue weighted by molar-refractivity contribution is 7.44. The Kier molecular flexibility index (Phi) is 13.6. The third-order valence-corrected chi connectivity index (χ3v) is 12.3. The van der Waals surface area contributed by atoms with Crippen molar-refractivity contribution in [1.82, 2.24) is 14.2 Å². The van der Waals surface area contributed by atoms with Gasteiger partial charge in [0.2, 0.25) is 0 Å². The number of nitrogens with zero attached hydrogens (tertiary/aromatic N) is 3. The molecule has 300 valence electrons. The Morgan fingerprint density at radius 1 is 0.825 bits per heavy atom. The van der Waals surface area contributed by atoms with Crippen LogP contribution in [-0.4, -0.2) is 77.0 Å². The predicted molar refractivity (Wildman–Crippen MR) is 221 cm³/mol. The van der Waals surface area contributed by atoms with E-state index in [9.17, 15) is 14.7 Å². The summed E-state index contributed by atoms with van der Waals surface area (Å²) in [5.74, 6) is 1.02. The van der Waals surface area contributed by atoms with Crippen LogP contribution < -0.4 is 20.5 Å². The van der Waals surface area contributed by atoms with Crippen LogP contribution in [0.5, 0.6) is 11.5 Å². The van der Waals surface area contributed by atoms with Crippen molar-refractivity contribution in [2.24, 2.45) is 0 Å². The highest BCUT2D eigenvalue weighted by Crippen LogP contribution is 2.52. The van der Waals surface area contributed by atoms with Crippen LogP contribution in [0, 0.1) is 0 Å². The molecule has 2 heterocycles. The summed E-state index contributed by atoms with van der Waals surface area (Å²) in [5.41, 5.74) is 0.906. The van der Waals surface area contributed by atoms with Gasteiger partial charge in [-0.25, -0.2) is 9.46 Å². The van der Waals surface area contributed by atoms with E-state index < -0.39 is 50.1 Å². The topological polar surface area (TPSA) is 134 Å². The third-order valence-electron chi connectivity index (χ3n) is 10.2. The van der Waals surface area contributed by atoms with Crippen molar-refractivity contribution in [2.75, 3.05) is 26.6 Å². The molecular formula is C44H51N4O8P. The van der Waals surface area contributed by atoms with E-state index in [2.05, 4.69) is 42.7 Å². The number of aliphatic hydroxyl groups excluding tert-OH is 1. The Morgan fingerprint density at radius 3 is 1.84 bits per heavy atom. The third kappa shape index (κ3) is 8.82. The molecular weight excluding hydrogens is 743 g/mol. The molecule has 13 heteroatoms. The number of hydrogen-bond acceptors (Lipinski definition) is 10. The van der Waals surface area contributed by atoms with E-state index >= 15 is 0 Å². The highest BCUT2D eigenvalue weighted by Gasteiger charge is 2.54. The number of aliphatic hydroxyl groups is 1. The van der Waals surface area contributed by atoms with Gasteiger partial charge in [0.15, 0.2) is 0 Å². The standard InChI is InChI=1S/C44H51N4O8P/c1-29(2)48(30(3)4)57(54-7)56-37-28-39(47-27-26-38(46-43(47)51)45-42(50)31-14-10-8-11-15-31)55-40(37)41(49)44(32-16-12-9-13-17-32,33-18-22-35(52-5)23-19-33)34-20-24-36(53-6)25-21-34/h8-27,29-30,37,39-41,49H,28H2,1-7H3,(H,45,46,50,51)/t37-,39+,40-,41?,57?/m0/s1. The maximum atomic E-state index is 13.7. The first-order valence-electron chi connectivity index (χ1n) is 18.9. The van der Waals surface area contributed by atoms with Crippen molar-refractivity contribution in [3.05, 3.63) is 154 Å². The molecule has 0 spiro atoms. The lowest BCUT2D eigenvalue weighted by molar-refractivity contribution is -0.0950. The number of ether oxygens (including phenoxy) is 3. The molecule has 0 bridgehead atoms. The number of benzene rings is 4. The van der Waals surface area contributed by atoms with Crippen molar-refractivity contribution in [1.29, 1.82) is 0 Å². The maximum Gasteiger partial charge on any atom is 0.351 e. The zero-order valence-corrected chi connectivity index (χ0v) is 34.2. The number of carbonyl (C=O) groups is 1. The molecule has 57 heavy (non-hydrogen) atoms. The number of amides is 1. The van der Waals surface area contributed by atoms with Crippen LogP contribution in [0.15, 0.2) is 126 Å². The van der Waals surface area contributed by atoms with E-state index in [1.165, 1.54) is 10.8 Å². The van der Waals surface area contributed by atoms with Crippen LogP contribution in [0.4, 0.5) is 5.82 Å². The van der Waals surface area contributed by atoms with Crippen molar-refractivity contribution >= 4 is 20.3 Å². The molecule has 1 amide bonds. The van der Waals surface area contributed by atoms with Crippen LogP contribution in [0.25, 0.3) is 0 Å². The number of carbonyl (C=O) groups excluding carboxylic acids is 1. The van der Waals surface area contributed by atoms with Crippen molar-refractivity contribution in [2.45, 2.75) is 76.2 Å². The molecule has 0 aliphatic carbocycles. The minimum absolute atomic E-state index is 0.0741. The zero-order chi connectivity index (χ0) is 40.7. The SMILES string of the molecule is COc1ccc(C(c2ccccc2)(c2ccc(OC)cc2)C(O)[C@H]2O[C@@H](n3ccc(NC(=O)c4ccccc4)nc3=O)C[C@@H]2OP(OC)N(C(C)C)C(C)C)cc1. The lowest BCUT2D eigenvalue weighted by Gasteiger charge is -2.44. The van der Waals surface area contributed by atoms with E-state index in [0.29, 0.717) is 17.1 Å². The molecule has 1 aliphatic rings. The quantitative estimate of drug-likeness (QED) is 0.0761. The van der Waals surface area contributed by atoms with Crippen molar-refractivity contribution in [3.63, 3.8) is 0 Å².